The standard InChI is InChI=1S/C24H22BrNO5/c1-24(2,14-13-21(28)29)22(31-23(30)26-16-9-7-15(25)8-10-16)19-11-12-20(27)18-6-4-3-5-17(18)19/h3-14,22,27H,1-2H3,(H,26,30)(H,28,29)/b14-13+/t22-/m0/s1. The van der Waals surface area contributed by atoms with E-state index in [2.05, 4.69) is 21.2 Å². The number of ether oxygens (including phenoxy) is 1. The fourth-order valence-corrected chi connectivity index (χ4v) is 3.58. The van der Waals surface area contributed by atoms with E-state index in [-0.39, 0.29) is 5.75 Å². The van der Waals surface area contributed by atoms with Crippen LogP contribution in [-0.4, -0.2) is 22.3 Å². The molecule has 6 nitrogen and oxygen atoms in total. The largest absolute Gasteiger partial charge is 0.507 e. The van der Waals surface area contributed by atoms with Crippen molar-refractivity contribution in [3.05, 3.63) is 82.9 Å². The van der Waals surface area contributed by atoms with Gasteiger partial charge < -0.3 is 14.9 Å². The van der Waals surface area contributed by atoms with Crippen molar-refractivity contribution in [2.45, 2.75) is 20.0 Å². The van der Waals surface area contributed by atoms with Gasteiger partial charge in [-0.1, -0.05) is 66.2 Å². The maximum absolute atomic E-state index is 12.7. The molecule has 31 heavy (non-hydrogen) atoms. The van der Waals surface area contributed by atoms with Crippen molar-refractivity contribution in [1.82, 2.24) is 0 Å². The highest BCUT2D eigenvalue weighted by Gasteiger charge is 2.34. The number of carboxylic acids is 1. The Morgan fingerprint density at radius 3 is 2.32 bits per heavy atom. The fraction of sp³-hybridized carbons (Fsp3) is 0.167. The molecule has 3 N–H and O–H groups in total. The summed E-state index contributed by atoms with van der Waals surface area (Å²) in [6.45, 7) is 3.57. The third kappa shape index (κ3) is 5.44. The van der Waals surface area contributed by atoms with Crippen molar-refractivity contribution >= 4 is 44.5 Å². The zero-order valence-electron chi connectivity index (χ0n) is 17.0. The Morgan fingerprint density at radius 2 is 1.68 bits per heavy atom. The molecule has 3 aromatic carbocycles. The lowest BCUT2D eigenvalue weighted by Crippen LogP contribution is -2.28. The normalized spacial score (nSPS) is 12.6. The first-order valence-corrected chi connectivity index (χ1v) is 10.3. The van der Waals surface area contributed by atoms with Gasteiger partial charge in [-0.3, -0.25) is 5.32 Å². The summed E-state index contributed by atoms with van der Waals surface area (Å²) < 4.78 is 6.70. The number of benzene rings is 3. The molecule has 7 heteroatoms. The summed E-state index contributed by atoms with van der Waals surface area (Å²) in [6.07, 6.45) is 1.02. The van der Waals surface area contributed by atoms with Gasteiger partial charge in [0, 0.05) is 32.6 Å². The van der Waals surface area contributed by atoms with E-state index in [1.807, 2.05) is 12.1 Å². The number of carboxylic acid groups (broad SMARTS) is 1. The van der Waals surface area contributed by atoms with E-state index in [0.29, 0.717) is 22.0 Å². The number of carbonyl (C=O) groups excluding carboxylic acids is 1. The Morgan fingerprint density at radius 1 is 1.03 bits per heavy atom. The molecule has 3 aromatic rings. The first-order chi connectivity index (χ1) is 14.7. The van der Waals surface area contributed by atoms with E-state index in [0.717, 1.165) is 10.5 Å². The number of phenols is 1. The maximum Gasteiger partial charge on any atom is 0.412 e. The van der Waals surface area contributed by atoms with Gasteiger partial charge in [0.05, 0.1) is 0 Å². The molecule has 1 amide bonds. The first kappa shape index (κ1) is 22.4. The zero-order chi connectivity index (χ0) is 22.6. The molecule has 3 rings (SSSR count). The minimum absolute atomic E-state index is 0.108. The molecule has 160 valence electrons. The average Bonchev–Trinajstić information content (AvgIpc) is 2.73. The number of rotatable bonds is 6. The molecule has 0 spiro atoms. The van der Waals surface area contributed by atoms with Gasteiger partial charge in [0.2, 0.25) is 0 Å². The molecule has 0 radical (unpaired) electrons. The highest BCUT2D eigenvalue weighted by molar-refractivity contribution is 9.10. The van der Waals surface area contributed by atoms with Gasteiger partial charge in [-0.2, -0.15) is 0 Å². The second kappa shape index (κ2) is 9.22. The number of aromatic hydroxyl groups is 1. The van der Waals surface area contributed by atoms with Gasteiger partial charge in [0.15, 0.2) is 0 Å². The number of halogens is 1. The molecular formula is C24H22BrNO5. The van der Waals surface area contributed by atoms with Crippen molar-refractivity contribution in [2.75, 3.05) is 5.32 Å². The lowest BCUT2D eigenvalue weighted by atomic mass is 9.80. The van der Waals surface area contributed by atoms with Crippen LogP contribution in [0, 0.1) is 5.41 Å². The molecule has 0 fully saturated rings. The molecule has 0 aliphatic rings. The quantitative estimate of drug-likeness (QED) is 0.359. The third-order valence-electron chi connectivity index (χ3n) is 4.86. The summed E-state index contributed by atoms with van der Waals surface area (Å²) in [5, 5.41) is 23.3. The molecule has 1 atom stereocenters. The summed E-state index contributed by atoms with van der Waals surface area (Å²) in [5.74, 6) is -0.988. The summed E-state index contributed by atoms with van der Waals surface area (Å²) in [4.78, 5) is 23.8. The van der Waals surface area contributed by atoms with Crippen molar-refractivity contribution in [1.29, 1.82) is 0 Å². The maximum atomic E-state index is 12.7. The van der Waals surface area contributed by atoms with Crippen LogP contribution in [0.4, 0.5) is 10.5 Å². The second-order valence-electron chi connectivity index (χ2n) is 7.63. The molecule has 0 saturated carbocycles. The number of amides is 1. The minimum atomic E-state index is -1.10. The molecule has 0 aliphatic heterocycles. The predicted octanol–water partition coefficient (Wildman–Crippen LogP) is 6.26. The molecular weight excluding hydrogens is 462 g/mol. The molecule has 0 aromatic heterocycles. The summed E-state index contributed by atoms with van der Waals surface area (Å²) in [7, 11) is 0. The summed E-state index contributed by atoms with van der Waals surface area (Å²) >= 11 is 3.35. The molecule has 0 aliphatic carbocycles. The summed E-state index contributed by atoms with van der Waals surface area (Å²) in [5.41, 5.74) is 0.343. The number of carbonyl (C=O) groups is 2. The van der Waals surface area contributed by atoms with Crippen LogP contribution < -0.4 is 5.32 Å². The summed E-state index contributed by atoms with van der Waals surface area (Å²) in [6, 6.07) is 17.5. The SMILES string of the molecule is CC(C)(/C=C/C(=O)O)[C@@H](OC(=O)Nc1ccc(Br)cc1)c1ccc(O)c2ccccc12. The van der Waals surface area contributed by atoms with Crippen LogP contribution in [-0.2, 0) is 9.53 Å². The Kier molecular flexibility index (Phi) is 6.65. The number of phenolic OH excluding ortho intramolecular Hbond substituents is 1. The van der Waals surface area contributed by atoms with Crippen molar-refractivity contribution < 1.29 is 24.5 Å². The topological polar surface area (TPSA) is 95.9 Å². The van der Waals surface area contributed by atoms with Gasteiger partial charge in [-0.15, -0.1) is 0 Å². The monoisotopic (exact) mass is 483 g/mol. The van der Waals surface area contributed by atoms with Gasteiger partial charge >= 0.3 is 12.1 Å². The Bertz CT molecular complexity index is 1140. The van der Waals surface area contributed by atoms with Crippen LogP contribution in [0.15, 0.2) is 77.3 Å². The Balaban J connectivity index is 2.01. The number of hydrogen-bond acceptors (Lipinski definition) is 4. The lowest BCUT2D eigenvalue weighted by molar-refractivity contribution is -0.131. The minimum Gasteiger partial charge on any atom is -0.507 e. The van der Waals surface area contributed by atoms with Crippen LogP contribution in [0.3, 0.4) is 0 Å². The number of hydrogen-bond donors (Lipinski definition) is 3. The van der Waals surface area contributed by atoms with Crippen molar-refractivity contribution in [3.63, 3.8) is 0 Å². The fourth-order valence-electron chi connectivity index (χ4n) is 3.31. The first-order valence-electron chi connectivity index (χ1n) is 9.53. The van der Waals surface area contributed by atoms with E-state index in [1.54, 1.807) is 56.3 Å². The van der Waals surface area contributed by atoms with E-state index in [1.165, 1.54) is 12.1 Å². The number of nitrogens with one attached hydrogen (secondary N) is 1. The van der Waals surface area contributed by atoms with Crippen molar-refractivity contribution in [2.24, 2.45) is 5.41 Å². The molecule has 0 heterocycles. The van der Waals surface area contributed by atoms with Gasteiger partial charge in [-0.05, 0) is 35.7 Å². The number of fused-ring (bicyclic) bond motifs is 1. The van der Waals surface area contributed by atoms with Crippen LogP contribution >= 0.6 is 15.9 Å². The second-order valence-corrected chi connectivity index (χ2v) is 8.55. The molecule has 0 saturated heterocycles. The van der Waals surface area contributed by atoms with Crippen molar-refractivity contribution in [3.8, 4) is 5.75 Å². The zero-order valence-corrected chi connectivity index (χ0v) is 18.6. The molecule has 0 bridgehead atoms. The van der Waals surface area contributed by atoms with Crippen LogP contribution in [0.1, 0.15) is 25.5 Å². The molecule has 0 unspecified atom stereocenters. The highest BCUT2D eigenvalue weighted by Crippen LogP contribution is 2.42. The highest BCUT2D eigenvalue weighted by atomic mass is 79.9. The van der Waals surface area contributed by atoms with Gasteiger partial charge in [0.25, 0.3) is 0 Å². The lowest BCUT2D eigenvalue weighted by Gasteiger charge is -2.32. The van der Waals surface area contributed by atoms with Crippen LogP contribution in [0.5, 0.6) is 5.75 Å². The van der Waals surface area contributed by atoms with E-state index >= 15 is 0 Å². The van der Waals surface area contributed by atoms with E-state index in [4.69, 9.17) is 9.84 Å². The van der Waals surface area contributed by atoms with Gasteiger partial charge in [0.1, 0.15) is 11.9 Å². The Labute approximate surface area is 188 Å². The van der Waals surface area contributed by atoms with Crippen LogP contribution in [0.2, 0.25) is 0 Å². The smallest absolute Gasteiger partial charge is 0.412 e. The number of anilines is 1. The Hall–Kier alpha value is -3.32. The van der Waals surface area contributed by atoms with Crippen LogP contribution in [0.25, 0.3) is 10.8 Å². The van der Waals surface area contributed by atoms with Gasteiger partial charge in [-0.25, -0.2) is 9.59 Å². The van der Waals surface area contributed by atoms with E-state index in [9.17, 15) is 14.7 Å². The third-order valence-corrected chi connectivity index (χ3v) is 5.39. The number of aliphatic carboxylic acids is 1. The predicted molar refractivity (Wildman–Crippen MR) is 123 cm³/mol. The average molecular weight is 484 g/mol. The van der Waals surface area contributed by atoms with E-state index < -0.39 is 23.6 Å².